The van der Waals surface area contributed by atoms with E-state index in [1.807, 2.05) is 4.90 Å². The summed E-state index contributed by atoms with van der Waals surface area (Å²) < 4.78 is 14.3. The molecule has 30 heavy (non-hydrogen) atoms. The molecule has 9 heteroatoms. The first-order chi connectivity index (χ1) is 14.6. The second-order valence-corrected chi connectivity index (χ2v) is 8.38. The Bertz CT molecular complexity index is 892. The number of rotatable bonds is 5. The number of amides is 2. The van der Waals surface area contributed by atoms with Crippen LogP contribution in [0.1, 0.15) is 38.5 Å². The van der Waals surface area contributed by atoms with Gasteiger partial charge in [-0.2, -0.15) is 0 Å². The standard InChI is InChI=1S/C21H26ClFN6O/c22-18-8-4-7-17(27-18)20-24-13-16(23)19(28-20)26-15-6-3-5-14(11-15)12-25-21(30)29-9-1-2-10-29/h4,7-8,13-15H,1-3,5-6,9-12H2,(H,25,30)(H,24,26,28)/t14-,15?/m1/s1. The lowest BCUT2D eigenvalue weighted by Gasteiger charge is -2.30. The molecule has 2 atom stereocenters. The number of nitrogens with zero attached hydrogens (tertiary/aromatic N) is 4. The Morgan fingerprint density at radius 2 is 2.03 bits per heavy atom. The number of hydrogen-bond acceptors (Lipinski definition) is 5. The molecule has 2 aliphatic rings. The van der Waals surface area contributed by atoms with Crippen LogP contribution in [0.25, 0.3) is 11.5 Å². The van der Waals surface area contributed by atoms with Crippen LogP contribution in [0.5, 0.6) is 0 Å². The fraction of sp³-hybridized carbons (Fsp3) is 0.524. The third kappa shape index (κ3) is 5.16. The van der Waals surface area contributed by atoms with Crippen molar-refractivity contribution in [3.05, 3.63) is 35.4 Å². The lowest BCUT2D eigenvalue weighted by Crippen LogP contribution is -2.41. The van der Waals surface area contributed by atoms with E-state index in [-0.39, 0.29) is 17.9 Å². The number of halogens is 2. The first kappa shape index (κ1) is 20.8. The molecule has 1 saturated carbocycles. The molecule has 0 aromatic carbocycles. The van der Waals surface area contributed by atoms with E-state index in [4.69, 9.17) is 11.6 Å². The molecule has 1 unspecified atom stereocenters. The Morgan fingerprint density at radius 3 is 2.83 bits per heavy atom. The summed E-state index contributed by atoms with van der Waals surface area (Å²) in [6.45, 7) is 2.34. The van der Waals surface area contributed by atoms with Crippen molar-refractivity contribution in [2.45, 2.75) is 44.6 Å². The summed E-state index contributed by atoms with van der Waals surface area (Å²) in [6, 6.07) is 5.29. The lowest BCUT2D eigenvalue weighted by atomic mass is 9.85. The lowest BCUT2D eigenvalue weighted by molar-refractivity contribution is 0.204. The van der Waals surface area contributed by atoms with Gasteiger partial charge in [-0.25, -0.2) is 24.1 Å². The second-order valence-electron chi connectivity index (χ2n) is 7.99. The van der Waals surface area contributed by atoms with Crippen LogP contribution in [0.2, 0.25) is 5.15 Å². The molecule has 7 nitrogen and oxygen atoms in total. The summed E-state index contributed by atoms with van der Waals surface area (Å²) in [5, 5.41) is 6.64. The molecule has 2 fully saturated rings. The molecule has 160 valence electrons. The average Bonchev–Trinajstić information content (AvgIpc) is 3.29. The highest BCUT2D eigenvalue weighted by Crippen LogP contribution is 2.27. The summed E-state index contributed by atoms with van der Waals surface area (Å²) in [5.41, 5.74) is 0.497. The monoisotopic (exact) mass is 432 g/mol. The van der Waals surface area contributed by atoms with Crippen molar-refractivity contribution in [1.82, 2.24) is 25.2 Å². The highest BCUT2D eigenvalue weighted by atomic mass is 35.5. The van der Waals surface area contributed by atoms with Crippen molar-refractivity contribution in [2.75, 3.05) is 25.0 Å². The topological polar surface area (TPSA) is 83.0 Å². The molecule has 2 aromatic rings. The maximum Gasteiger partial charge on any atom is 0.317 e. The fourth-order valence-electron chi connectivity index (χ4n) is 4.19. The number of urea groups is 1. The second kappa shape index (κ2) is 9.55. The number of pyridine rings is 1. The number of carbonyl (C=O) groups excluding carboxylic acids is 1. The van der Waals surface area contributed by atoms with E-state index in [9.17, 15) is 9.18 Å². The zero-order valence-electron chi connectivity index (χ0n) is 16.8. The largest absolute Gasteiger partial charge is 0.365 e. The summed E-state index contributed by atoms with van der Waals surface area (Å²) in [7, 11) is 0. The Hall–Kier alpha value is -2.48. The molecule has 0 bridgehead atoms. The number of anilines is 1. The van der Waals surface area contributed by atoms with Crippen molar-refractivity contribution >= 4 is 23.4 Å². The Morgan fingerprint density at radius 1 is 1.20 bits per heavy atom. The molecule has 1 saturated heterocycles. The summed E-state index contributed by atoms with van der Waals surface area (Å²) in [5.74, 6) is 0.368. The zero-order chi connectivity index (χ0) is 20.9. The van der Waals surface area contributed by atoms with Gasteiger partial charge in [0.15, 0.2) is 17.5 Å². The van der Waals surface area contributed by atoms with E-state index >= 15 is 0 Å². The molecule has 2 aromatic heterocycles. The van der Waals surface area contributed by atoms with Crippen molar-refractivity contribution in [3.63, 3.8) is 0 Å². The van der Waals surface area contributed by atoms with Crippen LogP contribution in [-0.2, 0) is 0 Å². The zero-order valence-corrected chi connectivity index (χ0v) is 17.5. The van der Waals surface area contributed by atoms with Crippen LogP contribution in [0.15, 0.2) is 24.4 Å². The molecule has 2 amide bonds. The summed E-state index contributed by atoms with van der Waals surface area (Å²) >= 11 is 5.94. The van der Waals surface area contributed by atoms with Crippen molar-refractivity contribution < 1.29 is 9.18 Å². The van der Waals surface area contributed by atoms with Gasteiger partial charge in [-0.1, -0.05) is 24.1 Å². The van der Waals surface area contributed by atoms with Gasteiger partial charge in [0.25, 0.3) is 0 Å². The van der Waals surface area contributed by atoms with Gasteiger partial charge < -0.3 is 15.5 Å². The van der Waals surface area contributed by atoms with Crippen LogP contribution < -0.4 is 10.6 Å². The van der Waals surface area contributed by atoms with E-state index in [0.717, 1.165) is 57.8 Å². The van der Waals surface area contributed by atoms with E-state index in [0.29, 0.717) is 29.1 Å². The number of aromatic nitrogens is 3. The van der Waals surface area contributed by atoms with Crippen LogP contribution in [0, 0.1) is 11.7 Å². The molecular weight excluding hydrogens is 407 g/mol. The minimum atomic E-state index is -0.495. The quantitative estimate of drug-likeness (QED) is 0.695. The predicted octanol–water partition coefficient (Wildman–Crippen LogP) is 4.11. The molecule has 3 heterocycles. The third-order valence-electron chi connectivity index (χ3n) is 5.75. The van der Waals surface area contributed by atoms with Gasteiger partial charge in [-0.3, -0.25) is 0 Å². The fourth-order valence-corrected chi connectivity index (χ4v) is 4.35. The molecule has 0 radical (unpaired) electrons. The van der Waals surface area contributed by atoms with Gasteiger partial charge in [-0.05, 0) is 50.2 Å². The first-order valence-electron chi connectivity index (χ1n) is 10.5. The highest BCUT2D eigenvalue weighted by molar-refractivity contribution is 6.29. The normalized spacial score (nSPS) is 21.5. The molecule has 4 rings (SSSR count). The molecular formula is C21H26ClFN6O. The third-order valence-corrected chi connectivity index (χ3v) is 5.96. The number of hydrogen-bond donors (Lipinski definition) is 2. The molecule has 1 aliphatic carbocycles. The van der Waals surface area contributed by atoms with Crippen LogP contribution in [-0.4, -0.2) is 51.6 Å². The van der Waals surface area contributed by atoms with Crippen LogP contribution >= 0.6 is 11.6 Å². The van der Waals surface area contributed by atoms with Gasteiger partial charge in [0.1, 0.15) is 10.8 Å². The van der Waals surface area contributed by atoms with Crippen LogP contribution in [0.4, 0.5) is 15.0 Å². The highest BCUT2D eigenvalue weighted by Gasteiger charge is 2.25. The van der Waals surface area contributed by atoms with Gasteiger partial charge in [0.05, 0.1) is 6.20 Å². The minimum absolute atomic E-state index is 0.0306. The van der Waals surface area contributed by atoms with E-state index in [1.165, 1.54) is 0 Å². The van der Waals surface area contributed by atoms with Gasteiger partial charge in [0.2, 0.25) is 0 Å². The van der Waals surface area contributed by atoms with E-state index in [1.54, 1.807) is 18.2 Å². The van der Waals surface area contributed by atoms with Crippen molar-refractivity contribution in [2.24, 2.45) is 5.92 Å². The number of nitrogens with one attached hydrogen (secondary N) is 2. The minimum Gasteiger partial charge on any atom is -0.365 e. The summed E-state index contributed by atoms with van der Waals surface area (Å²) in [6.07, 6.45) is 7.20. The Labute approximate surface area is 180 Å². The molecule has 2 N–H and O–H groups in total. The average molecular weight is 433 g/mol. The maximum atomic E-state index is 14.3. The van der Waals surface area contributed by atoms with E-state index in [2.05, 4.69) is 25.6 Å². The summed E-state index contributed by atoms with van der Waals surface area (Å²) in [4.78, 5) is 26.7. The number of carbonyl (C=O) groups is 1. The Balaban J connectivity index is 1.36. The first-order valence-corrected chi connectivity index (χ1v) is 10.9. The molecule has 1 aliphatic heterocycles. The van der Waals surface area contributed by atoms with Crippen LogP contribution in [0.3, 0.4) is 0 Å². The molecule has 0 spiro atoms. The smallest absolute Gasteiger partial charge is 0.317 e. The number of likely N-dealkylation sites (tertiary alicyclic amines) is 1. The predicted molar refractivity (Wildman–Crippen MR) is 114 cm³/mol. The van der Waals surface area contributed by atoms with Gasteiger partial charge in [-0.15, -0.1) is 0 Å². The SMILES string of the molecule is O=C(NC[C@@H]1CCCC(Nc2nc(-c3cccc(Cl)n3)ncc2F)C1)N1CCCC1. The van der Waals surface area contributed by atoms with Gasteiger partial charge in [0, 0.05) is 25.7 Å². The van der Waals surface area contributed by atoms with Crippen molar-refractivity contribution in [3.8, 4) is 11.5 Å². The van der Waals surface area contributed by atoms with Gasteiger partial charge >= 0.3 is 6.03 Å². The maximum absolute atomic E-state index is 14.3. The van der Waals surface area contributed by atoms with Crippen molar-refractivity contribution in [1.29, 1.82) is 0 Å². The van der Waals surface area contributed by atoms with E-state index < -0.39 is 5.82 Å². The Kier molecular flexibility index (Phi) is 6.62.